The first-order valence-electron chi connectivity index (χ1n) is 6.59. The first kappa shape index (κ1) is 12.6. The molecule has 1 unspecified atom stereocenters. The number of nitrogens with zero attached hydrogens (tertiary/aromatic N) is 1. The molecule has 0 saturated heterocycles. The number of fused-ring (bicyclic) bond motifs is 1. The summed E-state index contributed by atoms with van der Waals surface area (Å²) in [7, 11) is 0. The average molecular weight is 274 g/mol. The van der Waals surface area contributed by atoms with Gasteiger partial charge in [0.2, 0.25) is 0 Å². The normalized spacial score (nSPS) is 17.3. The topological polar surface area (TPSA) is 34.2 Å². The van der Waals surface area contributed by atoms with Gasteiger partial charge in [0.15, 0.2) is 0 Å². The maximum Gasteiger partial charge on any atom is 0.123 e. The van der Waals surface area contributed by atoms with Gasteiger partial charge in [0, 0.05) is 30.6 Å². The number of thiazole rings is 1. The first-order valence-corrected chi connectivity index (χ1v) is 7.40. The molecule has 1 aromatic heterocycles. The highest BCUT2D eigenvalue weighted by Gasteiger charge is 2.22. The van der Waals surface area contributed by atoms with Gasteiger partial charge in [-0.3, -0.25) is 0 Å². The Labute approximate surface area is 117 Å². The fourth-order valence-electron chi connectivity index (χ4n) is 2.41. The highest BCUT2D eigenvalue weighted by Crippen LogP contribution is 2.29. The maximum atomic E-state index is 5.93. The molecule has 100 valence electrons. The third-order valence-corrected chi connectivity index (χ3v) is 4.21. The zero-order valence-corrected chi connectivity index (χ0v) is 12.1. The highest BCUT2D eigenvalue weighted by molar-refractivity contribution is 7.11. The van der Waals surface area contributed by atoms with E-state index in [9.17, 15) is 0 Å². The Balaban J connectivity index is 1.51. The van der Waals surface area contributed by atoms with Crippen LogP contribution in [0.3, 0.4) is 0 Å². The molecule has 1 aromatic carbocycles. The van der Waals surface area contributed by atoms with E-state index in [1.807, 2.05) is 13.1 Å². The van der Waals surface area contributed by atoms with Gasteiger partial charge in [-0.25, -0.2) is 4.98 Å². The summed E-state index contributed by atoms with van der Waals surface area (Å²) in [6.07, 6.45) is 3.21. The fourth-order valence-corrected chi connectivity index (χ4v) is 3.17. The summed E-state index contributed by atoms with van der Waals surface area (Å²) in [6.45, 7) is 5.91. The van der Waals surface area contributed by atoms with Crippen molar-refractivity contribution in [3.8, 4) is 5.75 Å². The number of hydrogen-bond acceptors (Lipinski definition) is 4. The quantitative estimate of drug-likeness (QED) is 0.931. The maximum absolute atomic E-state index is 5.93. The van der Waals surface area contributed by atoms with Gasteiger partial charge < -0.3 is 10.1 Å². The molecule has 0 aliphatic carbocycles. The molecule has 19 heavy (non-hydrogen) atoms. The lowest BCUT2D eigenvalue weighted by molar-refractivity contribution is 0.227. The van der Waals surface area contributed by atoms with Crippen molar-refractivity contribution >= 4 is 11.3 Å². The molecule has 3 rings (SSSR count). The van der Waals surface area contributed by atoms with Crippen molar-refractivity contribution in [3.05, 3.63) is 45.4 Å². The van der Waals surface area contributed by atoms with Gasteiger partial charge >= 0.3 is 0 Å². The molecule has 2 heterocycles. The SMILES string of the molecule is Cc1ccc2c(c1)CC(CNCc1cnc(C)s1)O2. The largest absolute Gasteiger partial charge is 0.488 e. The fraction of sp³-hybridized carbons (Fsp3) is 0.400. The molecule has 1 atom stereocenters. The molecule has 1 N–H and O–H groups in total. The Morgan fingerprint density at radius 2 is 2.32 bits per heavy atom. The molecule has 0 bridgehead atoms. The lowest BCUT2D eigenvalue weighted by atomic mass is 10.1. The minimum absolute atomic E-state index is 0.255. The summed E-state index contributed by atoms with van der Waals surface area (Å²) < 4.78 is 5.93. The lowest BCUT2D eigenvalue weighted by Gasteiger charge is -2.11. The predicted molar refractivity (Wildman–Crippen MR) is 77.9 cm³/mol. The molecule has 4 heteroatoms. The van der Waals surface area contributed by atoms with Crippen molar-refractivity contribution in [1.82, 2.24) is 10.3 Å². The van der Waals surface area contributed by atoms with E-state index in [1.165, 1.54) is 16.0 Å². The summed E-state index contributed by atoms with van der Waals surface area (Å²) in [5.41, 5.74) is 2.64. The highest BCUT2D eigenvalue weighted by atomic mass is 32.1. The van der Waals surface area contributed by atoms with E-state index in [2.05, 4.69) is 35.4 Å². The van der Waals surface area contributed by atoms with Crippen molar-refractivity contribution < 1.29 is 4.74 Å². The van der Waals surface area contributed by atoms with Gasteiger partial charge in [-0.05, 0) is 25.5 Å². The molecule has 1 aliphatic heterocycles. The Hall–Kier alpha value is -1.39. The van der Waals surface area contributed by atoms with Crippen molar-refractivity contribution in [2.45, 2.75) is 32.9 Å². The third kappa shape index (κ3) is 2.96. The molecule has 2 aromatic rings. The van der Waals surface area contributed by atoms with Crippen LogP contribution in [-0.2, 0) is 13.0 Å². The predicted octanol–water partition coefficient (Wildman–Crippen LogP) is 2.85. The molecule has 0 radical (unpaired) electrons. The minimum Gasteiger partial charge on any atom is -0.488 e. The standard InChI is InChI=1S/C15H18N2OS/c1-10-3-4-15-12(5-10)6-13(18-15)7-16-8-14-9-17-11(2)19-14/h3-5,9,13,16H,6-8H2,1-2H3. The Bertz CT molecular complexity index is 579. The van der Waals surface area contributed by atoms with Crippen molar-refractivity contribution in [3.63, 3.8) is 0 Å². The van der Waals surface area contributed by atoms with E-state index < -0.39 is 0 Å². The van der Waals surface area contributed by atoms with Crippen LogP contribution in [0.15, 0.2) is 24.4 Å². The van der Waals surface area contributed by atoms with Crippen LogP contribution in [0.1, 0.15) is 21.0 Å². The summed E-state index contributed by atoms with van der Waals surface area (Å²) in [5, 5.41) is 4.57. The molecule has 0 amide bonds. The van der Waals surface area contributed by atoms with Gasteiger partial charge in [0.25, 0.3) is 0 Å². The van der Waals surface area contributed by atoms with Crippen LogP contribution >= 0.6 is 11.3 Å². The van der Waals surface area contributed by atoms with Gasteiger partial charge in [-0.1, -0.05) is 17.7 Å². The van der Waals surface area contributed by atoms with Gasteiger partial charge in [-0.2, -0.15) is 0 Å². The van der Waals surface area contributed by atoms with E-state index in [4.69, 9.17) is 4.74 Å². The van der Waals surface area contributed by atoms with E-state index in [0.29, 0.717) is 0 Å². The number of aryl methyl sites for hydroxylation is 2. The molecule has 0 fully saturated rings. The van der Waals surface area contributed by atoms with Crippen LogP contribution in [0.25, 0.3) is 0 Å². The molecule has 3 nitrogen and oxygen atoms in total. The zero-order valence-electron chi connectivity index (χ0n) is 11.3. The van der Waals surface area contributed by atoms with E-state index >= 15 is 0 Å². The summed E-state index contributed by atoms with van der Waals surface area (Å²) in [5.74, 6) is 1.05. The van der Waals surface area contributed by atoms with E-state index in [-0.39, 0.29) is 6.10 Å². The first-order chi connectivity index (χ1) is 9.20. The number of rotatable bonds is 4. The monoisotopic (exact) mass is 274 g/mol. The Kier molecular flexibility index (Phi) is 3.53. The van der Waals surface area contributed by atoms with Gasteiger partial charge in [0.05, 0.1) is 5.01 Å². The number of nitrogens with one attached hydrogen (secondary N) is 1. The van der Waals surface area contributed by atoms with Crippen LogP contribution < -0.4 is 10.1 Å². The van der Waals surface area contributed by atoms with Crippen LogP contribution in [-0.4, -0.2) is 17.6 Å². The summed E-state index contributed by atoms with van der Waals surface area (Å²) in [6, 6.07) is 6.41. The molecule has 0 saturated carbocycles. The number of ether oxygens (including phenoxy) is 1. The molecular weight excluding hydrogens is 256 g/mol. The van der Waals surface area contributed by atoms with Crippen LogP contribution in [0.5, 0.6) is 5.75 Å². The second kappa shape index (κ2) is 5.31. The van der Waals surface area contributed by atoms with E-state index in [0.717, 1.165) is 30.3 Å². The van der Waals surface area contributed by atoms with Gasteiger partial charge in [-0.15, -0.1) is 11.3 Å². The summed E-state index contributed by atoms with van der Waals surface area (Å²) >= 11 is 1.75. The second-order valence-corrected chi connectivity index (χ2v) is 6.35. The van der Waals surface area contributed by atoms with Gasteiger partial charge in [0.1, 0.15) is 11.9 Å². The van der Waals surface area contributed by atoms with Crippen molar-refractivity contribution in [1.29, 1.82) is 0 Å². The molecule has 0 spiro atoms. The smallest absolute Gasteiger partial charge is 0.123 e. The number of benzene rings is 1. The van der Waals surface area contributed by atoms with Crippen molar-refractivity contribution in [2.24, 2.45) is 0 Å². The molecule has 1 aliphatic rings. The van der Waals surface area contributed by atoms with Crippen LogP contribution in [0.2, 0.25) is 0 Å². The minimum atomic E-state index is 0.255. The van der Waals surface area contributed by atoms with Crippen molar-refractivity contribution in [2.75, 3.05) is 6.54 Å². The van der Waals surface area contributed by atoms with E-state index in [1.54, 1.807) is 11.3 Å². The van der Waals surface area contributed by atoms with Crippen LogP contribution in [0.4, 0.5) is 0 Å². The third-order valence-electron chi connectivity index (χ3n) is 3.30. The average Bonchev–Trinajstić information content (AvgIpc) is 2.95. The van der Waals surface area contributed by atoms with Crippen LogP contribution in [0, 0.1) is 13.8 Å². The second-order valence-electron chi connectivity index (χ2n) is 5.03. The number of hydrogen-bond donors (Lipinski definition) is 1. The lowest BCUT2D eigenvalue weighted by Crippen LogP contribution is -2.29. The Morgan fingerprint density at radius 3 is 3.11 bits per heavy atom. The Morgan fingerprint density at radius 1 is 1.42 bits per heavy atom. The zero-order chi connectivity index (χ0) is 13.2. The molecular formula is C15H18N2OS. The summed E-state index contributed by atoms with van der Waals surface area (Å²) in [4.78, 5) is 5.54. The number of aromatic nitrogens is 1.